The largest absolute Gasteiger partial charge is 0.494 e. The van der Waals surface area contributed by atoms with E-state index in [1.54, 1.807) is 6.07 Å². The smallest absolute Gasteiger partial charge is 0.255 e. The predicted molar refractivity (Wildman–Crippen MR) is 49.2 cm³/mol. The Morgan fingerprint density at radius 1 is 1.54 bits per heavy atom. The molecule has 0 spiro atoms. The van der Waals surface area contributed by atoms with Crippen molar-refractivity contribution in [2.24, 2.45) is 0 Å². The molecule has 1 N–H and O–H groups in total. The summed E-state index contributed by atoms with van der Waals surface area (Å²) in [5, 5.41) is 3.18. The van der Waals surface area contributed by atoms with Crippen molar-refractivity contribution in [1.29, 1.82) is 0 Å². The minimum absolute atomic E-state index is 0.116. The molecule has 0 fully saturated rings. The summed E-state index contributed by atoms with van der Waals surface area (Å²) in [5.41, 5.74) is 1.50. The van der Waals surface area contributed by atoms with E-state index in [0.29, 0.717) is 22.9 Å². The maximum Gasteiger partial charge on any atom is 0.255 e. The van der Waals surface area contributed by atoms with E-state index in [4.69, 9.17) is 16.3 Å². The molecule has 0 bridgehead atoms. The van der Waals surface area contributed by atoms with Crippen LogP contribution in [0.3, 0.4) is 0 Å². The molecule has 2 rings (SSSR count). The lowest BCUT2D eigenvalue weighted by Gasteiger charge is -2.06. The highest BCUT2D eigenvalue weighted by molar-refractivity contribution is 6.32. The summed E-state index contributed by atoms with van der Waals surface area (Å²) in [7, 11) is 1.51. The number of fused-ring (bicyclic) bond motifs is 1. The number of hydrogen-bond donors (Lipinski definition) is 1. The highest BCUT2D eigenvalue weighted by Gasteiger charge is 2.24. The standard InChI is InChI=1S/C9H8ClNO2/c1-13-8-6(10)3-2-5-4-11-9(12)7(5)8/h2-3H,4H2,1H3,(H,11,12). The molecule has 4 heteroatoms. The summed E-state index contributed by atoms with van der Waals surface area (Å²) in [5.74, 6) is 0.350. The molecule has 0 saturated carbocycles. The van der Waals surface area contributed by atoms with Gasteiger partial charge in [-0.1, -0.05) is 17.7 Å². The second kappa shape index (κ2) is 2.92. The van der Waals surface area contributed by atoms with Crippen LogP contribution in [0.5, 0.6) is 5.75 Å². The van der Waals surface area contributed by atoms with Gasteiger partial charge in [-0.05, 0) is 11.6 Å². The van der Waals surface area contributed by atoms with E-state index in [1.165, 1.54) is 7.11 Å². The Bertz CT molecular complexity index is 376. The highest BCUT2D eigenvalue weighted by Crippen LogP contribution is 2.33. The van der Waals surface area contributed by atoms with Crippen LogP contribution in [0.4, 0.5) is 0 Å². The maximum atomic E-state index is 11.3. The lowest BCUT2D eigenvalue weighted by Crippen LogP contribution is -2.13. The summed E-state index contributed by atoms with van der Waals surface area (Å²) in [6.45, 7) is 0.557. The number of halogens is 1. The molecule has 0 saturated heterocycles. The van der Waals surface area contributed by atoms with Crippen molar-refractivity contribution >= 4 is 17.5 Å². The number of hydrogen-bond acceptors (Lipinski definition) is 2. The average Bonchev–Trinajstić information content (AvgIpc) is 2.49. The van der Waals surface area contributed by atoms with Gasteiger partial charge >= 0.3 is 0 Å². The van der Waals surface area contributed by atoms with E-state index in [2.05, 4.69) is 5.32 Å². The van der Waals surface area contributed by atoms with Gasteiger partial charge in [-0.3, -0.25) is 4.79 Å². The van der Waals surface area contributed by atoms with E-state index in [-0.39, 0.29) is 5.91 Å². The van der Waals surface area contributed by atoms with E-state index < -0.39 is 0 Å². The molecule has 1 aromatic rings. The Balaban J connectivity index is 2.67. The molecular formula is C9H8ClNO2. The third kappa shape index (κ3) is 1.16. The lowest BCUT2D eigenvalue weighted by atomic mass is 10.1. The number of rotatable bonds is 1. The minimum Gasteiger partial charge on any atom is -0.494 e. The molecule has 1 aliphatic rings. The van der Waals surface area contributed by atoms with Crippen LogP contribution in [0.15, 0.2) is 12.1 Å². The Kier molecular flexibility index (Phi) is 1.88. The number of methoxy groups -OCH3 is 1. The fraction of sp³-hybridized carbons (Fsp3) is 0.222. The van der Waals surface area contributed by atoms with Crippen LogP contribution < -0.4 is 10.1 Å². The van der Waals surface area contributed by atoms with Gasteiger partial charge in [0.05, 0.1) is 17.7 Å². The molecule has 0 radical (unpaired) electrons. The number of ether oxygens (including phenoxy) is 1. The average molecular weight is 198 g/mol. The second-order valence-electron chi connectivity index (χ2n) is 2.80. The molecule has 1 aliphatic heterocycles. The molecule has 3 nitrogen and oxygen atoms in total. The Labute approximate surface area is 80.6 Å². The molecule has 13 heavy (non-hydrogen) atoms. The third-order valence-corrected chi connectivity index (χ3v) is 2.36. The van der Waals surface area contributed by atoms with Gasteiger partial charge in [0.2, 0.25) is 0 Å². The van der Waals surface area contributed by atoms with Gasteiger partial charge in [0.1, 0.15) is 0 Å². The number of carbonyl (C=O) groups excluding carboxylic acids is 1. The minimum atomic E-state index is -0.116. The van der Waals surface area contributed by atoms with Crippen molar-refractivity contribution in [3.63, 3.8) is 0 Å². The van der Waals surface area contributed by atoms with Crippen molar-refractivity contribution in [2.45, 2.75) is 6.54 Å². The van der Waals surface area contributed by atoms with Crippen LogP contribution >= 0.6 is 11.6 Å². The molecule has 0 unspecified atom stereocenters. The first kappa shape index (κ1) is 8.38. The SMILES string of the molecule is COc1c(Cl)ccc2c1C(=O)NC2. The zero-order chi connectivity index (χ0) is 9.42. The zero-order valence-electron chi connectivity index (χ0n) is 7.06. The fourth-order valence-corrected chi connectivity index (χ4v) is 1.69. The quantitative estimate of drug-likeness (QED) is 0.743. The van der Waals surface area contributed by atoms with Crippen LogP contribution in [0.25, 0.3) is 0 Å². The van der Waals surface area contributed by atoms with Crippen molar-refractivity contribution < 1.29 is 9.53 Å². The Morgan fingerprint density at radius 2 is 2.31 bits per heavy atom. The first-order chi connectivity index (χ1) is 6.24. The summed E-state index contributed by atoms with van der Waals surface area (Å²) in [4.78, 5) is 11.3. The number of carbonyl (C=O) groups is 1. The van der Waals surface area contributed by atoms with Crippen molar-refractivity contribution in [3.8, 4) is 5.75 Å². The van der Waals surface area contributed by atoms with Gasteiger partial charge in [0.25, 0.3) is 5.91 Å². The maximum absolute atomic E-state index is 11.3. The molecule has 0 atom stereocenters. The predicted octanol–water partition coefficient (Wildman–Crippen LogP) is 1.59. The highest BCUT2D eigenvalue weighted by atomic mass is 35.5. The molecule has 1 aromatic carbocycles. The lowest BCUT2D eigenvalue weighted by molar-refractivity contribution is 0.0963. The Hall–Kier alpha value is -1.22. The third-order valence-electron chi connectivity index (χ3n) is 2.07. The second-order valence-corrected chi connectivity index (χ2v) is 3.20. The van der Waals surface area contributed by atoms with Crippen LogP contribution in [-0.4, -0.2) is 13.0 Å². The molecular weight excluding hydrogens is 190 g/mol. The first-order valence-electron chi connectivity index (χ1n) is 3.87. The topological polar surface area (TPSA) is 38.3 Å². The zero-order valence-corrected chi connectivity index (χ0v) is 7.81. The van der Waals surface area contributed by atoms with Crippen LogP contribution in [0.2, 0.25) is 5.02 Å². The van der Waals surface area contributed by atoms with E-state index in [0.717, 1.165) is 5.56 Å². The molecule has 1 heterocycles. The van der Waals surface area contributed by atoms with Crippen LogP contribution in [0.1, 0.15) is 15.9 Å². The normalized spacial score (nSPS) is 13.8. The molecule has 0 aliphatic carbocycles. The van der Waals surface area contributed by atoms with Gasteiger partial charge in [-0.15, -0.1) is 0 Å². The van der Waals surface area contributed by atoms with E-state index in [9.17, 15) is 4.79 Å². The van der Waals surface area contributed by atoms with Crippen molar-refractivity contribution in [1.82, 2.24) is 5.32 Å². The molecule has 68 valence electrons. The molecule has 0 aromatic heterocycles. The van der Waals surface area contributed by atoms with Gasteiger partial charge < -0.3 is 10.1 Å². The molecule has 1 amide bonds. The van der Waals surface area contributed by atoms with Crippen LogP contribution in [0, 0.1) is 0 Å². The van der Waals surface area contributed by atoms with E-state index >= 15 is 0 Å². The fourth-order valence-electron chi connectivity index (χ4n) is 1.46. The van der Waals surface area contributed by atoms with Crippen LogP contribution in [-0.2, 0) is 6.54 Å². The number of nitrogens with one attached hydrogen (secondary N) is 1. The number of amides is 1. The summed E-state index contributed by atoms with van der Waals surface area (Å²) >= 11 is 5.87. The van der Waals surface area contributed by atoms with Crippen molar-refractivity contribution in [3.05, 3.63) is 28.3 Å². The van der Waals surface area contributed by atoms with Gasteiger partial charge in [-0.2, -0.15) is 0 Å². The van der Waals surface area contributed by atoms with Crippen molar-refractivity contribution in [2.75, 3.05) is 7.11 Å². The monoisotopic (exact) mass is 197 g/mol. The first-order valence-corrected chi connectivity index (χ1v) is 4.25. The summed E-state index contributed by atoms with van der Waals surface area (Å²) in [6, 6.07) is 3.57. The van der Waals surface area contributed by atoms with E-state index in [1.807, 2.05) is 6.07 Å². The summed E-state index contributed by atoms with van der Waals surface area (Å²) < 4.78 is 5.07. The number of benzene rings is 1. The summed E-state index contributed by atoms with van der Waals surface area (Å²) in [6.07, 6.45) is 0. The van der Waals surface area contributed by atoms with Gasteiger partial charge in [-0.25, -0.2) is 0 Å². The Morgan fingerprint density at radius 3 is 3.00 bits per heavy atom. The van der Waals surface area contributed by atoms with Gasteiger partial charge in [0, 0.05) is 6.54 Å². The van der Waals surface area contributed by atoms with Gasteiger partial charge in [0.15, 0.2) is 5.75 Å².